The van der Waals surface area contributed by atoms with Crippen LogP contribution in [0.3, 0.4) is 0 Å². The summed E-state index contributed by atoms with van der Waals surface area (Å²) >= 11 is 0. The fourth-order valence-electron chi connectivity index (χ4n) is 9.20. The second-order valence-electron chi connectivity index (χ2n) is 19.9. The molecule has 0 fully saturated rings. The normalized spacial score (nSPS) is 13.4. The lowest BCUT2D eigenvalue weighted by Crippen LogP contribution is -2.27. The van der Waals surface area contributed by atoms with Crippen molar-refractivity contribution in [2.24, 2.45) is 0 Å². The standard InChI is InChI=1S/C58H114N2/c1-7-9-11-13-15-16-17-18-19-20-24-27-30-33-37-40-43-47-51-55-58(60(5)6)56-52-48-44-41-38-35-32-29-26-23-21-22-25-28-31-34-36-39-42-46-50-54-57(59(3)4)53-49-45-14-12-10-8-2/h15-16,18-19,28,31,57-58H,7-14,17,20-27,29-30,32-56H2,1-6H3/b16-15-,19-18-,31-28?. The summed E-state index contributed by atoms with van der Waals surface area (Å²) in [7, 11) is 9.21. The van der Waals surface area contributed by atoms with E-state index in [0.717, 1.165) is 18.5 Å². The first-order valence-corrected chi connectivity index (χ1v) is 27.8. The summed E-state index contributed by atoms with van der Waals surface area (Å²) in [5.74, 6) is 0. The largest absolute Gasteiger partial charge is 0.306 e. The van der Waals surface area contributed by atoms with Crippen molar-refractivity contribution in [3.8, 4) is 0 Å². The van der Waals surface area contributed by atoms with E-state index in [0.29, 0.717) is 0 Å². The van der Waals surface area contributed by atoms with Gasteiger partial charge in [0.05, 0.1) is 0 Å². The molecule has 0 bridgehead atoms. The third-order valence-electron chi connectivity index (χ3n) is 13.6. The van der Waals surface area contributed by atoms with E-state index < -0.39 is 0 Å². The van der Waals surface area contributed by atoms with E-state index in [9.17, 15) is 0 Å². The van der Waals surface area contributed by atoms with Gasteiger partial charge in [0.15, 0.2) is 0 Å². The summed E-state index contributed by atoms with van der Waals surface area (Å²) < 4.78 is 0. The Morgan fingerprint density at radius 3 is 0.717 bits per heavy atom. The summed E-state index contributed by atoms with van der Waals surface area (Å²) in [6.45, 7) is 4.59. The molecular weight excluding hydrogens is 725 g/mol. The van der Waals surface area contributed by atoms with Gasteiger partial charge in [-0.2, -0.15) is 0 Å². The average molecular weight is 840 g/mol. The fourth-order valence-corrected chi connectivity index (χ4v) is 9.20. The van der Waals surface area contributed by atoms with E-state index in [1.807, 2.05) is 0 Å². The number of hydrogen-bond donors (Lipinski definition) is 0. The van der Waals surface area contributed by atoms with E-state index >= 15 is 0 Å². The average Bonchev–Trinajstić information content (AvgIpc) is 3.24. The van der Waals surface area contributed by atoms with E-state index in [2.05, 4.69) is 88.3 Å². The van der Waals surface area contributed by atoms with E-state index in [1.165, 1.54) is 276 Å². The third-order valence-corrected chi connectivity index (χ3v) is 13.6. The van der Waals surface area contributed by atoms with E-state index in [-0.39, 0.29) is 0 Å². The molecule has 2 heteroatoms. The van der Waals surface area contributed by atoms with Gasteiger partial charge in [0.2, 0.25) is 0 Å². The van der Waals surface area contributed by atoms with Crippen molar-refractivity contribution in [3.05, 3.63) is 36.5 Å². The van der Waals surface area contributed by atoms with Gasteiger partial charge in [-0.3, -0.25) is 0 Å². The van der Waals surface area contributed by atoms with Crippen molar-refractivity contribution >= 4 is 0 Å². The molecule has 2 unspecified atom stereocenters. The van der Waals surface area contributed by atoms with Crippen LogP contribution in [-0.4, -0.2) is 50.1 Å². The van der Waals surface area contributed by atoms with Crippen LogP contribution in [0.4, 0.5) is 0 Å². The highest BCUT2D eigenvalue weighted by Crippen LogP contribution is 2.20. The molecule has 2 atom stereocenters. The third kappa shape index (κ3) is 46.6. The van der Waals surface area contributed by atoms with Gasteiger partial charge >= 0.3 is 0 Å². The predicted molar refractivity (Wildman–Crippen MR) is 277 cm³/mol. The minimum atomic E-state index is 0.799. The maximum absolute atomic E-state index is 2.51. The van der Waals surface area contributed by atoms with Crippen LogP contribution in [0.2, 0.25) is 0 Å². The molecule has 0 radical (unpaired) electrons. The maximum atomic E-state index is 2.51. The lowest BCUT2D eigenvalue weighted by Gasteiger charge is -2.24. The van der Waals surface area contributed by atoms with Gasteiger partial charge in [-0.1, -0.05) is 249 Å². The Morgan fingerprint density at radius 1 is 0.250 bits per heavy atom. The van der Waals surface area contributed by atoms with Gasteiger partial charge in [-0.15, -0.1) is 0 Å². The monoisotopic (exact) mass is 839 g/mol. The second kappa shape index (κ2) is 50.8. The molecule has 2 nitrogen and oxygen atoms in total. The lowest BCUT2D eigenvalue weighted by atomic mass is 9.99. The summed E-state index contributed by atoms with van der Waals surface area (Å²) in [5, 5.41) is 0. The first kappa shape index (κ1) is 59.1. The zero-order valence-corrected chi connectivity index (χ0v) is 42.6. The molecule has 356 valence electrons. The van der Waals surface area contributed by atoms with Crippen LogP contribution >= 0.6 is 0 Å². The number of allylic oxidation sites excluding steroid dienone is 6. The van der Waals surface area contributed by atoms with Crippen LogP contribution in [0.25, 0.3) is 0 Å². The number of rotatable bonds is 50. The minimum absolute atomic E-state index is 0.799. The molecule has 0 amide bonds. The molecular formula is C58H114N2. The zero-order chi connectivity index (χ0) is 43.7. The molecule has 0 spiro atoms. The Hall–Kier alpha value is -0.860. The number of hydrogen-bond acceptors (Lipinski definition) is 2. The van der Waals surface area contributed by atoms with Crippen LogP contribution in [0.5, 0.6) is 0 Å². The Balaban J connectivity index is 3.47. The highest BCUT2D eigenvalue weighted by molar-refractivity contribution is 4.92. The van der Waals surface area contributed by atoms with Gasteiger partial charge < -0.3 is 9.80 Å². The maximum Gasteiger partial charge on any atom is 0.00891 e. The summed E-state index contributed by atoms with van der Waals surface area (Å²) in [6.07, 6.45) is 76.3. The minimum Gasteiger partial charge on any atom is -0.306 e. The lowest BCUT2D eigenvalue weighted by molar-refractivity contribution is 0.251. The number of unbranched alkanes of at least 4 members (excludes halogenated alkanes) is 34. The van der Waals surface area contributed by atoms with Crippen LogP contribution < -0.4 is 0 Å². The number of nitrogens with zero attached hydrogens (tertiary/aromatic N) is 2. The molecule has 0 saturated heterocycles. The molecule has 0 heterocycles. The quantitative estimate of drug-likeness (QED) is 0.0445. The molecule has 0 saturated carbocycles. The molecule has 0 aromatic rings. The first-order valence-electron chi connectivity index (χ1n) is 27.8. The van der Waals surface area contributed by atoms with E-state index in [4.69, 9.17) is 0 Å². The van der Waals surface area contributed by atoms with E-state index in [1.54, 1.807) is 0 Å². The van der Waals surface area contributed by atoms with Crippen LogP contribution in [0, 0.1) is 0 Å². The first-order chi connectivity index (χ1) is 29.5. The SMILES string of the molecule is CCCCC/C=C\C/C=C\CCCCCCCCCCCC(CCCCCCCCCCCCCCC=CCCCCCCCC(CCCCCCCC)N(C)C)N(C)C. The highest BCUT2D eigenvalue weighted by Gasteiger charge is 2.12. The van der Waals surface area contributed by atoms with Crippen molar-refractivity contribution in [1.29, 1.82) is 0 Å². The molecule has 0 rings (SSSR count). The molecule has 0 N–H and O–H groups in total. The van der Waals surface area contributed by atoms with Gasteiger partial charge in [-0.05, 0) is 112 Å². The smallest absolute Gasteiger partial charge is 0.00891 e. The predicted octanol–water partition coefficient (Wildman–Crippen LogP) is 19.7. The van der Waals surface area contributed by atoms with Crippen molar-refractivity contribution < 1.29 is 0 Å². The Morgan fingerprint density at radius 2 is 0.450 bits per heavy atom. The summed E-state index contributed by atoms with van der Waals surface area (Å²) in [5.41, 5.74) is 0. The molecule has 0 aliphatic rings. The van der Waals surface area contributed by atoms with Gasteiger partial charge in [0.1, 0.15) is 0 Å². The Kier molecular flexibility index (Phi) is 50.1. The van der Waals surface area contributed by atoms with Gasteiger partial charge in [-0.25, -0.2) is 0 Å². The summed E-state index contributed by atoms with van der Waals surface area (Å²) in [4.78, 5) is 5.00. The van der Waals surface area contributed by atoms with Gasteiger partial charge in [0.25, 0.3) is 0 Å². The molecule has 0 aliphatic carbocycles. The van der Waals surface area contributed by atoms with Crippen LogP contribution in [0.1, 0.15) is 296 Å². The molecule has 0 aromatic carbocycles. The molecule has 0 aromatic heterocycles. The Bertz CT molecular complexity index is 870. The summed E-state index contributed by atoms with van der Waals surface area (Å²) in [6, 6.07) is 1.60. The fraction of sp³-hybridized carbons (Fsp3) is 0.897. The van der Waals surface area contributed by atoms with Crippen molar-refractivity contribution in [3.63, 3.8) is 0 Å². The highest BCUT2D eigenvalue weighted by atomic mass is 15.1. The van der Waals surface area contributed by atoms with Crippen molar-refractivity contribution in [2.45, 2.75) is 308 Å². The van der Waals surface area contributed by atoms with Crippen LogP contribution in [-0.2, 0) is 0 Å². The molecule has 0 aliphatic heterocycles. The molecule has 60 heavy (non-hydrogen) atoms. The second-order valence-corrected chi connectivity index (χ2v) is 19.9. The zero-order valence-electron chi connectivity index (χ0n) is 42.6. The Labute approximate surface area is 381 Å². The van der Waals surface area contributed by atoms with Gasteiger partial charge in [0, 0.05) is 12.1 Å². The van der Waals surface area contributed by atoms with Crippen LogP contribution in [0.15, 0.2) is 36.5 Å². The van der Waals surface area contributed by atoms with Crippen molar-refractivity contribution in [1.82, 2.24) is 9.80 Å². The topological polar surface area (TPSA) is 6.48 Å². The van der Waals surface area contributed by atoms with Crippen molar-refractivity contribution in [2.75, 3.05) is 28.2 Å².